The zero-order chi connectivity index (χ0) is 17.6. The third-order valence-corrected chi connectivity index (χ3v) is 3.80. The predicted molar refractivity (Wildman–Crippen MR) is 97.5 cm³/mol. The van der Waals surface area contributed by atoms with Gasteiger partial charge in [0.05, 0.1) is 12.2 Å². The van der Waals surface area contributed by atoms with Crippen LogP contribution in [0.2, 0.25) is 0 Å². The van der Waals surface area contributed by atoms with Gasteiger partial charge in [0.2, 0.25) is 0 Å². The quantitative estimate of drug-likeness (QED) is 0.748. The van der Waals surface area contributed by atoms with Crippen molar-refractivity contribution in [3.63, 3.8) is 0 Å². The summed E-state index contributed by atoms with van der Waals surface area (Å²) in [5.74, 6) is 0.313. The molecule has 6 nitrogen and oxygen atoms in total. The molecule has 1 aromatic carbocycles. The van der Waals surface area contributed by atoms with Gasteiger partial charge < -0.3 is 10.6 Å². The van der Waals surface area contributed by atoms with Gasteiger partial charge in [0.25, 0.3) is 5.91 Å². The standard InChI is InChI=1S/C19H19N5O/c1-13-6-5-7-14(2)18(13)24-19(25)16-10-17(23-12-22-16)21-11-15-8-3-4-9-20-15/h3-10,12H,11H2,1-2H3,(H,24,25)(H,21,22,23). The van der Waals surface area contributed by atoms with Crippen LogP contribution in [0.25, 0.3) is 0 Å². The van der Waals surface area contributed by atoms with Crippen LogP contribution in [0.1, 0.15) is 27.3 Å². The Kier molecular flexibility index (Phi) is 4.99. The van der Waals surface area contributed by atoms with Crippen molar-refractivity contribution in [2.24, 2.45) is 0 Å². The predicted octanol–water partition coefficient (Wildman–Crippen LogP) is 3.35. The number of aryl methyl sites for hydroxylation is 2. The fourth-order valence-electron chi connectivity index (χ4n) is 2.45. The summed E-state index contributed by atoms with van der Waals surface area (Å²) in [6.07, 6.45) is 3.11. The van der Waals surface area contributed by atoms with Crippen LogP contribution >= 0.6 is 0 Å². The minimum Gasteiger partial charge on any atom is -0.364 e. The first-order valence-corrected chi connectivity index (χ1v) is 7.97. The second-order valence-corrected chi connectivity index (χ2v) is 5.68. The Balaban J connectivity index is 1.71. The van der Waals surface area contributed by atoms with Crippen LogP contribution < -0.4 is 10.6 Å². The Bertz CT molecular complexity index is 860. The molecule has 0 spiro atoms. The molecule has 1 amide bonds. The molecule has 0 fully saturated rings. The SMILES string of the molecule is Cc1cccc(C)c1NC(=O)c1cc(NCc2ccccn2)ncn1. The third-order valence-electron chi connectivity index (χ3n) is 3.80. The van der Waals surface area contributed by atoms with Crippen molar-refractivity contribution >= 4 is 17.4 Å². The second-order valence-electron chi connectivity index (χ2n) is 5.68. The second kappa shape index (κ2) is 7.53. The molecular weight excluding hydrogens is 314 g/mol. The van der Waals surface area contributed by atoms with E-state index in [1.54, 1.807) is 12.3 Å². The van der Waals surface area contributed by atoms with Gasteiger partial charge >= 0.3 is 0 Å². The molecule has 3 rings (SSSR count). The molecule has 0 aliphatic heterocycles. The van der Waals surface area contributed by atoms with Crippen LogP contribution in [0.4, 0.5) is 11.5 Å². The molecule has 0 atom stereocenters. The first kappa shape index (κ1) is 16.6. The Morgan fingerprint density at radius 1 is 1.00 bits per heavy atom. The van der Waals surface area contributed by atoms with E-state index in [-0.39, 0.29) is 5.91 Å². The van der Waals surface area contributed by atoms with Gasteiger partial charge in [-0.2, -0.15) is 0 Å². The van der Waals surface area contributed by atoms with Gasteiger partial charge in [0, 0.05) is 18.0 Å². The smallest absolute Gasteiger partial charge is 0.274 e. The maximum absolute atomic E-state index is 12.5. The molecule has 6 heteroatoms. The van der Waals surface area contributed by atoms with Crippen LogP contribution in [0.15, 0.2) is 55.0 Å². The number of carbonyl (C=O) groups is 1. The first-order valence-electron chi connectivity index (χ1n) is 7.97. The van der Waals surface area contributed by atoms with E-state index in [0.717, 1.165) is 22.5 Å². The van der Waals surface area contributed by atoms with E-state index in [4.69, 9.17) is 0 Å². The highest BCUT2D eigenvalue weighted by molar-refractivity contribution is 6.04. The molecule has 126 valence electrons. The van der Waals surface area contributed by atoms with E-state index in [1.165, 1.54) is 6.33 Å². The molecule has 0 saturated heterocycles. The van der Waals surface area contributed by atoms with Gasteiger partial charge in [0.1, 0.15) is 17.8 Å². The Hall–Kier alpha value is -3.28. The van der Waals surface area contributed by atoms with E-state index in [9.17, 15) is 4.79 Å². The third kappa shape index (κ3) is 4.17. The van der Waals surface area contributed by atoms with Crippen LogP contribution in [0.5, 0.6) is 0 Å². The molecule has 3 aromatic rings. The van der Waals surface area contributed by atoms with Crippen molar-refractivity contribution in [2.75, 3.05) is 10.6 Å². The van der Waals surface area contributed by atoms with Gasteiger partial charge in [-0.3, -0.25) is 9.78 Å². The minimum absolute atomic E-state index is 0.263. The maximum atomic E-state index is 12.5. The average molecular weight is 333 g/mol. The van der Waals surface area contributed by atoms with Gasteiger partial charge in [0.15, 0.2) is 0 Å². The number of hydrogen-bond donors (Lipinski definition) is 2. The highest BCUT2D eigenvalue weighted by Gasteiger charge is 2.12. The van der Waals surface area contributed by atoms with E-state index < -0.39 is 0 Å². The number of anilines is 2. The summed E-state index contributed by atoms with van der Waals surface area (Å²) in [5.41, 5.74) is 4.03. The molecule has 0 aliphatic carbocycles. The number of amides is 1. The number of pyridine rings is 1. The monoisotopic (exact) mass is 333 g/mol. The van der Waals surface area contributed by atoms with Crippen LogP contribution in [-0.2, 0) is 6.54 Å². The van der Waals surface area contributed by atoms with Crippen molar-refractivity contribution in [1.82, 2.24) is 15.0 Å². The van der Waals surface area contributed by atoms with Gasteiger partial charge in [-0.25, -0.2) is 9.97 Å². The van der Waals surface area contributed by atoms with Crippen LogP contribution in [-0.4, -0.2) is 20.9 Å². The Morgan fingerprint density at radius 2 is 1.80 bits per heavy atom. The van der Waals surface area contributed by atoms with Crippen LogP contribution in [0, 0.1) is 13.8 Å². The largest absolute Gasteiger partial charge is 0.364 e. The lowest BCUT2D eigenvalue weighted by Gasteiger charge is -2.11. The summed E-state index contributed by atoms with van der Waals surface area (Å²) in [5, 5.41) is 6.08. The van der Waals surface area contributed by atoms with Crippen LogP contribution in [0.3, 0.4) is 0 Å². The molecule has 0 unspecified atom stereocenters. The van der Waals surface area contributed by atoms with Gasteiger partial charge in [-0.1, -0.05) is 24.3 Å². The molecule has 2 N–H and O–H groups in total. The van der Waals surface area contributed by atoms with E-state index in [0.29, 0.717) is 18.1 Å². The molecule has 2 heterocycles. The molecular formula is C19H19N5O. The summed E-state index contributed by atoms with van der Waals surface area (Å²) in [6, 6.07) is 13.2. The number of para-hydroxylation sites is 1. The van der Waals surface area contributed by atoms with Gasteiger partial charge in [-0.05, 0) is 37.1 Å². The Morgan fingerprint density at radius 3 is 2.52 bits per heavy atom. The molecule has 0 bridgehead atoms. The van der Waals surface area contributed by atoms with Crippen molar-refractivity contribution in [3.8, 4) is 0 Å². The number of carbonyl (C=O) groups excluding carboxylic acids is 1. The van der Waals surface area contributed by atoms with Crippen molar-refractivity contribution in [2.45, 2.75) is 20.4 Å². The van der Waals surface area contributed by atoms with Gasteiger partial charge in [-0.15, -0.1) is 0 Å². The normalized spacial score (nSPS) is 10.3. The van der Waals surface area contributed by atoms with E-state index in [1.807, 2.05) is 50.2 Å². The number of nitrogens with one attached hydrogen (secondary N) is 2. The fraction of sp³-hybridized carbons (Fsp3) is 0.158. The summed E-state index contributed by atoms with van der Waals surface area (Å²) >= 11 is 0. The Labute approximate surface area is 146 Å². The summed E-state index contributed by atoms with van der Waals surface area (Å²) in [4.78, 5) is 25.0. The topological polar surface area (TPSA) is 79.8 Å². The summed E-state index contributed by atoms with van der Waals surface area (Å²) < 4.78 is 0. The zero-order valence-corrected chi connectivity index (χ0v) is 14.2. The van der Waals surface area contributed by atoms with Crippen molar-refractivity contribution in [3.05, 3.63) is 77.5 Å². The summed E-state index contributed by atoms with van der Waals surface area (Å²) in [6.45, 7) is 4.45. The summed E-state index contributed by atoms with van der Waals surface area (Å²) in [7, 11) is 0. The lowest BCUT2D eigenvalue weighted by Crippen LogP contribution is -2.16. The highest BCUT2D eigenvalue weighted by Crippen LogP contribution is 2.20. The number of aromatic nitrogens is 3. The number of nitrogens with zero attached hydrogens (tertiary/aromatic N) is 3. The molecule has 25 heavy (non-hydrogen) atoms. The average Bonchev–Trinajstić information content (AvgIpc) is 2.64. The zero-order valence-electron chi connectivity index (χ0n) is 14.2. The lowest BCUT2D eigenvalue weighted by atomic mass is 10.1. The molecule has 0 saturated carbocycles. The fourth-order valence-corrected chi connectivity index (χ4v) is 2.45. The molecule has 0 aliphatic rings. The van der Waals surface area contributed by atoms with E-state index >= 15 is 0 Å². The highest BCUT2D eigenvalue weighted by atomic mass is 16.1. The van der Waals surface area contributed by atoms with E-state index in [2.05, 4.69) is 25.6 Å². The minimum atomic E-state index is -0.263. The molecule has 2 aromatic heterocycles. The maximum Gasteiger partial charge on any atom is 0.274 e. The first-order chi connectivity index (χ1) is 12.1. The van der Waals surface area contributed by atoms with Crippen molar-refractivity contribution in [1.29, 1.82) is 0 Å². The lowest BCUT2D eigenvalue weighted by molar-refractivity contribution is 0.102. The molecule has 0 radical (unpaired) electrons. The number of rotatable bonds is 5. The van der Waals surface area contributed by atoms with Crippen molar-refractivity contribution < 1.29 is 4.79 Å². The number of hydrogen-bond acceptors (Lipinski definition) is 5. The number of benzene rings is 1.